The Hall–Kier alpha value is -1.10. The summed E-state index contributed by atoms with van der Waals surface area (Å²) in [5, 5.41) is 3.39. The van der Waals surface area contributed by atoms with Crippen molar-refractivity contribution in [1.82, 2.24) is 10.2 Å². The molecule has 1 aromatic carbocycles. The van der Waals surface area contributed by atoms with Gasteiger partial charge in [0, 0.05) is 23.1 Å². The van der Waals surface area contributed by atoms with E-state index in [1.54, 1.807) is 6.26 Å². The second kappa shape index (κ2) is 8.37. The van der Waals surface area contributed by atoms with Crippen LogP contribution in [0.4, 0.5) is 0 Å². The second-order valence-corrected chi connectivity index (χ2v) is 6.26. The number of benzene rings is 1. The van der Waals surface area contributed by atoms with Gasteiger partial charge in [0.25, 0.3) is 0 Å². The summed E-state index contributed by atoms with van der Waals surface area (Å²) < 4.78 is 6.71. The highest BCUT2D eigenvalue weighted by molar-refractivity contribution is 9.10. The van der Waals surface area contributed by atoms with Crippen LogP contribution in [0.1, 0.15) is 30.2 Å². The molecule has 0 fully saturated rings. The molecule has 0 saturated heterocycles. The molecule has 0 aliphatic rings. The monoisotopic (exact) mass is 350 g/mol. The Labute approximate surface area is 135 Å². The van der Waals surface area contributed by atoms with Gasteiger partial charge in [0.2, 0.25) is 0 Å². The molecule has 0 aliphatic carbocycles. The summed E-state index contributed by atoms with van der Waals surface area (Å²) >= 11 is 3.52. The van der Waals surface area contributed by atoms with Crippen LogP contribution in [-0.2, 0) is 19.6 Å². The predicted molar refractivity (Wildman–Crippen MR) is 90.0 cm³/mol. The van der Waals surface area contributed by atoms with Crippen molar-refractivity contribution >= 4 is 15.9 Å². The van der Waals surface area contributed by atoms with Crippen LogP contribution >= 0.6 is 15.9 Å². The fraction of sp³-hybridized carbons (Fsp3) is 0.412. The second-order valence-electron chi connectivity index (χ2n) is 5.35. The summed E-state index contributed by atoms with van der Waals surface area (Å²) in [6.45, 7) is 5.81. The maximum atomic E-state index is 5.58. The Kier molecular flexibility index (Phi) is 6.49. The number of nitrogens with one attached hydrogen (secondary N) is 1. The van der Waals surface area contributed by atoms with Crippen molar-refractivity contribution in [3.05, 3.63) is 58.0 Å². The number of furan rings is 1. The molecular formula is C17H23BrN2O. The molecule has 1 aromatic heterocycles. The maximum absolute atomic E-state index is 5.58. The van der Waals surface area contributed by atoms with E-state index in [0.29, 0.717) is 0 Å². The quantitative estimate of drug-likeness (QED) is 0.724. The number of nitrogens with zero attached hydrogens (tertiary/aromatic N) is 1. The molecule has 1 N–H and O–H groups in total. The van der Waals surface area contributed by atoms with Crippen molar-refractivity contribution in [1.29, 1.82) is 0 Å². The first kappa shape index (κ1) is 16.3. The normalized spacial score (nSPS) is 11.2. The molecule has 2 aromatic rings. The number of hydrogen-bond acceptors (Lipinski definition) is 3. The third kappa shape index (κ3) is 5.30. The van der Waals surface area contributed by atoms with Crippen molar-refractivity contribution in [2.24, 2.45) is 0 Å². The standard InChI is InChI=1S/C17H23BrN2O/c1-3-8-19-11-17-15(7-9-21-17)13-20(2)12-14-5-4-6-16(18)10-14/h4-7,9-10,19H,3,8,11-13H2,1-2H3. The van der Waals surface area contributed by atoms with E-state index in [9.17, 15) is 0 Å². The molecule has 3 nitrogen and oxygen atoms in total. The summed E-state index contributed by atoms with van der Waals surface area (Å²) in [5.74, 6) is 1.05. The summed E-state index contributed by atoms with van der Waals surface area (Å²) in [7, 11) is 2.14. The smallest absolute Gasteiger partial charge is 0.122 e. The first-order valence-electron chi connectivity index (χ1n) is 7.38. The lowest BCUT2D eigenvalue weighted by molar-refractivity contribution is 0.314. The van der Waals surface area contributed by atoms with Gasteiger partial charge >= 0.3 is 0 Å². The first-order chi connectivity index (χ1) is 10.2. The van der Waals surface area contributed by atoms with Crippen LogP contribution in [0.15, 0.2) is 45.5 Å². The highest BCUT2D eigenvalue weighted by Crippen LogP contribution is 2.16. The van der Waals surface area contributed by atoms with Crippen molar-refractivity contribution in [3.63, 3.8) is 0 Å². The SMILES string of the molecule is CCCNCc1occc1CN(C)Cc1cccc(Br)c1. The molecule has 0 saturated carbocycles. The fourth-order valence-electron chi connectivity index (χ4n) is 2.34. The lowest BCUT2D eigenvalue weighted by atomic mass is 10.2. The van der Waals surface area contributed by atoms with Crippen LogP contribution in [-0.4, -0.2) is 18.5 Å². The van der Waals surface area contributed by atoms with E-state index >= 15 is 0 Å². The van der Waals surface area contributed by atoms with E-state index < -0.39 is 0 Å². The minimum Gasteiger partial charge on any atom is -0.468 e. The fourth-order valence-corrected chi connectivity index (χ4v) is 2.78. The van der Waals surface area contributed by atoms with Gasteiger partial charge in [-0.05, 0) is 43.8 Å². The Morgan fingerprint density at radius 1 is 1.24 bits per heavy atom. The van der Waals surface area contributed by atoms with Gasteiger partial charge in [0.15, 0.2) is 0 Å². The molecule has 0 radical (unpaired) electrons. The highest BCUT2D eigenvalue weighted by atomic mass is 79.9. The van der Waals surface area contributed by atoms with Gasteiger partial charge < -0.3 is 9.73 Å². The third-order valence-corrected chi connectivity index (χ3v) is 3.83. The van der Waals surface area contributed by atoms with E-state index in [2.05, 4.69) is 70.4 Å². The van der Waals surface area contributed by atoms with E-state index in [-0.39, 0.29) is 0 Å². The summed E-state index contributed by atoms with van der Waals surface area (Å²) in [6, 6.07) is 10.5. The zero-order valence-electron chi connectivity index (χ0n) is 12.7. The van der Waals surface area contributed by atoms with Crippen LogP contribution in [0.25, 0.3) is 0 Å². The number of halogens is 1. The zero-order valence-corrected chi connectivity index (χ0v) is 14.3. The van der Waals surface area contributed by atoms with Crippen LogP contribution in [0.3, 0.4) is 0 Å². The van der Waals surface area contributed by atoms with E-state index in [4.69, 9.17) is 4.42 Å². The molecule has 1 heterocycles. The van der Waals surface area contributed by atoms with Gasteiger partial charge in [-0.25, -0.2) is 0 Å². The van der Waals surface area contributed by atoms with Crippen molar-refractivity contribution in [2.75, 3.05) is 13.6 Å². The molecule has 21 heavy (non-hydrogen) atoms. The van der Waals surface area contributed by atoms with Gasteiger partial charge in [-0.2, -0.15) is 0 Å². The van der Waals surface area contributed by atoms with Crippen molar-refractivity contribution in [2.45, 2.75) is 33.0 Å². The summed E-state index contributed by atoms with van der Waals surface area (Å²) in [4.78, 5) is 2.30. The van der Waals surface area contributed by atoms with Crippen molar-refractivity contribution in [3.8, 4) is 0 Å². The van der Waals surface area contributed by atoms with Gasteiger partial charge in [-0.1, -0.05) is 35.0 Å². The first-order valence-corrected chi connectivity index (χ1v) is 8.17. The molecule has 0 bridgehead atoms. The predicted octanol–water partition coefficient (Wildman–Crippen LogP) is 4.17. The third-order valence-electron chi connectivity index (χ3n) is 3.33. The molecule has 114 valence electrons. The zero-order chi connectivity index (χ0) is 15.1. The molecule has 2 rings (SSSR count). The minimum atomic E-state index is 0.806. The lowest BCUT2D eigenvalue weighted by Gasteiger charge is -2.17. The summed E-state index contributed by atoms with van der Waals surface area (Å²) in [5.41, 5.74) is 2.57. The largest absolute Gasteiger partial charge is 0.468 e. The number of hydrogen-bond donors (Lipinski definition) is 1. The van der Waals surface area contributed by atoms with Crippen LogP contribution < -0.4 is 5.32 Å². The topological polar surface area (TPSA) is 28.4 Å². The van der Waals surface area contributed by atoms with E-state index in [0.717, 1.165) is 42.8 Å². The Balaban J connectivity index is 1.90. The molecule has 0 spiro atoms. The van der Waals surface area contributed by atoms with E-state index in [1.807, 2.05) is 0 Å². The Bertz CT molecular complexity index is 553. The molecule has 0 aliphatic heterocycles. The van der Waals surface area contributed by atoms with E-state index in [1.165, 1.54) is 11.1 Å². The van der Waals surface area contributed by atoms with Crippen LogP contribution in [0.2, 0.25) is 0 Å². The minimum absolute atomic E-state index is 0.806. The molecule has 0 atom stereocenters. The average molecular weight is 351 g/mol. The summed E-state index contributed by atoms with van der Waals surface area (Å²) in [6.07, 6.45) is 2.92. The van der Waals surface area contributed by atoms with Crippen LogP contribution in [0, 0.1) is 0 Å². The van der Waals surface area contributed by atoms with Gasteiger partial charge in [-0.15, -0.1) is 0 Å². The highest BCUT2D eigenvalue weighted by Gasteiger charge is 2.09. The lowest BCUT2D eigenvalue weighted by Crippen LogP contribution is -2.19. The van der Waals surface area contributed by atoms with Crippen LogP contribution in [0.5, 0.6) is 0 Å². The molecule has 0 amide bonds. The molecular weight excluding hydrogens is 328 g/mol. The molecule has 4 heteroatoms. The number of rotatable bonds is 8. The average Bonchev–Trinajstić information content (AvgIpc) is 2.86. The van der Waals surface area contributed by atoms with Crippen molar-refractivity contribution < 1.29 is 4.42 Å². The Morgan fingerprint density at radius 3 is 2.86 bits per heavy atom. The van der Waals surface area contributed by atoms with Gasteiger partial charge in [-0.3, -0.25) is 4.90 Å². The Morgan fingerprint density at radius 2 is 2.10 bits per heavy atom. The maximum Gasteiger partial charge on any atom is 0.122 e. The molecule has 0 unspecified atom stereocenters. The van der Waals surface area contributed by atoms with Gasteiger partial charge in [0.1, 0.15) is 5.76 Å². The van der Waals surface area contributed by atoms with Gasteiger partial charge in [0.05, 0.1) is 12.8 Å².